The highest BCUT2D eigenvalue weighted by molar-refractivity contribution is 5.87. The predicted octanol–water partition coefficient (Wildman–Crippen LogP) is 4.25. The maximum Gasteiger partial charge on any atom is 0.142 e. The Morgan fingerprint density at radius 1 is 0.952 bits per heavy atom. The van der Waals surface area contributed by atoms with Gasteiger partial charge in [0, 0.05) is 17.5 Å². The number of aromatic hydroxyl groups is 3. The van der Waals surface area contributed by atoms with E-state index < -0.39 is 0 Å². The molecule has 2 aromatic carbocycles. The zero-order chi connectivity index (χ0) is 15.0. The zero-order valence-electron chi connectivity index (χ0n) is 11.4. The van der Waals surface area contributed by atoms with E-state index in [9.17, 15) is 15.3 Å². The van der Waals surface area contributed by atoms with Gasteiger partial charge in [0.2, 0.25) is 0 Å². The Morgan fingerprint density at radius 3 is 2.33 bits per heavy atom. The normalized spacial score (nSPS) is 11.5. The minimum atomic E-state index is -0.236. The molecule has 106 valence electrons. The molecule has 1 heterocycles. The van der Waals surface area contributed by atoms with Crippen molar-refractivity contribution < 1.29 is 19.7 Å². The van der Waals surface area contributed by atoms with Gasteiger partial charge in [0.05, 0.1) is 0 Å². The Hall–Kier alpha value is -2.88. The van der Waals surface area contributed by atoms with Gasteiger partial charge in [0.1, 0.15) is 34.2 Å². The van der Waals surface area contributed by atoms with Crippen molar-refractivity contribution in [1.29, 1.82) is 0 Å². The number of allylic oxidation sites excluding steroid dienone is 1. The highest BCUT2D eigenvalue weighted by Crippen LogP contribution is 2.42. The monoisotopic (exact) mass is 282 g/mol. The third-order valence-electron chi connectivity index (χ3n) is 3.23. The van der Waals surface area contributed by atoms with Gasteiger partial charge in [0.15, 0.2) is 0 Å². The van der Waals surface area contributed by atoms with Gasteiger partial charge in [-0.25, -0.2) is 0 Å². The van der Waals surface area contributed by atoms with Crippen molar-refractivity contribution in [1.82, 2.24) is 0 Å². The summed E-state index contributed by atoms with van der Waals surface area (Å²) in [6, 6.07) is 9.78. The topological polar surface area (TPSA) is 73.8 Å². The van der Waals surface area contributed by atoms with Crippen LogP contribution in [0.3, 0.4) is 0 Å². The molecule has 0 radical (unpaired) electrons. The first-order valence-corrected chi connectivity index (χ1v) is 6.50. The van der Waals surface area contributed by atoms with Crippen molar-refractivity contribution in [2.75, 3.05) is 0 Å². The average molecular weight is 282 g/mol. The Labute approximate surface area is 121 Å². The van der Waals surface area contributed by atoms with Crippen molar-refractivity contribution >= 4 is 17.0 Å². The van der Waals surface area contributed by atoms with E-state index in [1.807, 2.05) is 37.3 Å². The summed E-state index contributed by atoms with van der Waals surface area (Å²) in [6.45, 7) is 1.94. The van der Waals surface area contributed by atoms with Gasteiger partial charge in [-0.1, -0.05) is 18.2 Å². The van der Waals surface area contributed by atoms with Gasteiger partial charge in [-0.2, -0.15) is 0 Å². The molecule has 0 amide bonds. The fourth-order valence-corrected chi connectivity index (χ4v) is 2.33. The van der Waals surface area contributed by atoms with Gasteiger partial charge < -0.3 is 19.7 Å². The van der Waals surface area contributed by atoms with Crippen LogP contribution in [0.4, 0.5) is 0 Å². The molecule has 0 aliphatic carbocycles. The van der Waals surface area contributed by atoms with E-state index in [2.05, 4.69) is 0 Å². The molecular weight excluding hydrogens is 268 g/mol. The Kier molecular flexibility index (Phi) is 3.06. The number of furan rings is 1. The maximum absolute atomic E-state index is 9.90. The van der Waals surface area contributed by atoms with Crippen LogP contribution < -0.4 is 0 Å². The van der Waals surface area contributed by atoms with Crippen LogP contribution in [0, 0.1) is 0 Å². The number of hydrogen-bond donors (Lipinski definition) is 3. The van der Waals surface area contributed by atoms with Gasteiger partial charge in [0.25, 0.3) is 0 Å². The molecule has 4 heteroatoms. The first-order valence-electron chi connectivity index (χ1n) is 6.50. The van der Waals surface area contributed by atoms with Crippen LogP contribution in [0.2, 0.25) is 0 Å². The molecule has 0 aliphatic heterocycles. The molecule has 1 aromatic heterocycles. The maximum atomic E-state index is 9.90. The summed E-state index contributed by atoms with van der Waals surface area (Å²) in [6.07, 6.45) is 3.92. The van der Waals surface area contributed by atoms with Crippen molar-refractivity contribution in [3.8, 4) is 28.6 Å². The first-order chi connectivity index (χ1) is 10.1. The number of phenols is 3. The highest BCUT2D eigenvalue weighted by Gasteiger charge is 2.16. The Balaban J connectivity index is 2.18. The average Bonchev–Trinajstić information content (AvgIpc) is 2.80. The number of benzene rings is 2. The van der Waals surface area contributed by atoms with Gasteiger partial charge in [-0.3, -0.25) is 0 Å². The fraction of sp³-hybridized carbons (Fsp3) is 0.0588. The van der Waals surface area contributed by atoms with E-state index in [-0.39, 0.29) is 22.8 Å². The zero-order valence-corrected chi connectivity index (χ0v) is 11.4. The SMILES string of the molecule is C/C=C/c1ccc2oc(-c3c(O)cc(O)cc3O)cc2c1. The lowest BCUT2D eigenvalue weighted by atomic mass is 10.1. The number of rotatable bonds is 2. The van der Waals surface area contributed by atoms with Gasteiger partial charge >= 0.3 is 0 Å². The Morgan fingerprint density at radius 2 is 1.67 bits per heavy atom. The molecular formula is C17H14O4. The lowest BCUT2D eigenvalue weighted by Gasteiger charge is -2.04. The Bertz CT molecular complexity index is 820. The largest absolute Gasteiger partial charge is 0.508 e. The number of phenolic OH excluding ortho intramolecular Hbond substituents is 3. The fourth-order valence-electron chi connectivity index (χ4n) is 2.33. The molecule has 0 aliphatic rings. The third-order valence-corrected chi connectivity index (χ3v) is 3.23. The second kappa shape index (κ2) is 4.90. The summed E-state index contributed by atoms with van der Waals surface area (Å²) >= 11 is 0. The minimum absolute atomic E-state index is 0.164. The molecule has 4 nitrogen and oxygen atoms in total. The van der Waals surface area contributed by atoms with E-state index in [0.29, 0.717) is 11.3 Å². The van der Waals surface area contributed by atoms with E-state index in [4.69, 9.17) is 4.42 Å². The molecule has 3 N–H and O–H groups in total. The summed E-state index contributed by atoms with van der Waals surface area (Å²) < 4.78 is 5.66. The summed E-state index contributed by atoms with van der Waals surface area (Å²) in [5, 5.41) is 30.0. The quantitative estimate of drug-likeness (QED) is 0.657. The molecule has 0 saturated heterocycles. The van der Waals surface area contributed by atoms with E-state index in [1.54, 1.807) is 6.07 Å². The van der Waals surface area contributed by atoms with Crippen LogP contribution in [0.15, 0.2) is 46.9 Å². The third kappa shape index (κ3) is 2.31. The van der Waals surface area contributed by atoms with Crippen LogP contribution in [0.25, 0.3) is 28.4 Å². The van der Waals surface area contributed by atoms with Crippen molar-refractivity contribution in [3.05, 3.63) is 48.0 Å². The second-order valence-corrected chi connectivity index (χ2v) is 4.77. The predicted molar refractivity (Wildman–Crippen MR) is 81.4 cm³/mol. The minimum Gasteiger partial charge on any atom is -0.508 e. The van der Waals surface area contributed by atoms with Crippen LogP contribution in [-0.4, -0.2) is 15.3 Å². The molecule has 3 rings (SSSR count). The van der Waals surface area contributed by atoms with E-state index >= 15 is 0 Å². The van der Waals surface area contributed by atoms with Crippen LogP contribution in [0.1, 0.15) is 12.5 Å². The van der Waals surface area contributed by atoms with E-state index in [0.717, 1.165) is 23.1 Å². The van der Waals surface area contributed by atoms with Gasteiger partial charge in [-0.15, -0.1) is 0 Å². The van der Waals surface area contributed by atoms with E-state index in [1.165, 1.54) is 0 Å². The van der Waals surface area contributed by atoms with Crippen molar-refractivity contribution in [3.63, 3.8) is 0 Å². The second-order valence-electron chi connectivity index (χ2n) is 4.77. The standard InChI is InChI=1S/C17H14O4/c1-2-3-10-4-5-15-11(6-10)7-16(21-15)17-13(19)8-12(18)9-14(17)20/h2-9,18-20H,1H3/b3-2+. The summed E-state index contributed by atoms with van der Waals surface area (Å²) in [7, 11) is 0. The molecule has 0 spiro atoms. The highest BCUT2D eigenvalue weighted by atomic mass is 16.3. The lowest BCUT2D eigenvalue weighted by molar-refractivity contribution is 0.428. The summed E-state index contributed by atoms with van der Waals surface area (Å²) in [5.74, 6) is -0.335. The van der Waals surface area contributed by atoms with Crippen molar-refractivity contribution in [2.24, 2.45) is 0 Å². The first kappa shape index (κ1) is 13.1. The molecule has 0 bridgehead atoms. The van der Waals surface area contributed by atoms with Crippen LogP contribution >= 0.6 is 0 Å². The van der Waals surface area contributed by atoms with Crippen LogP contribution in [-0.2, 0) is 0 Å². The number of fused-ring (bicyclic) bond motifs is 1. The number of hydrogen-bond acceptors (Lipinski definition) is 4. The summed E-state index contributed by atoms with van der Waals surface area (Å²) in [4.78, 5) is 0. The smallest absolute Gasteiger partial charge is 0.142 e. The van der Waals surface area contributed by atoms with Gasteiger partial charge in [-0.05, 0) is 30.7 Å². The molecule has 21 heavy (non-hydrogen) atoms. The molecule has 0 atom stereocenters. The lowest BCUT2D eigenvalue weighted by Crippen LogP contribution is -1.78. The summed E-state index contributed by atoms with van der Waals surface area (Å²) in [5.41, 5.74) is 1.86. The molecule has 0 saturated carbocycles. The molecule has 0 fully saturated rings. The molecule has 0 unspecified atom stereocenters. The van der Waals surface area contributed by atoms with Crippen LogP contribution in [0.5, 0.6) is 17.2 Å². The molecule has 3 aromatic rings. The van der Waals surface area contributed by atoms with Crippen molar-refractivity contribution in [2.45, 2.75) is 6.92 Å².